The van der Waals surface area contributed by atoms with Gasteiger partial charge in [-0.25, -0.2) is 9.37 Å². The van der Waals surface area contributed by atoms with E-state index >= 15 is 0 Å². The van der Waals surface area contributed by atoms with E-state index in [1.807, 2.05) is 6.07 Å². The van der Waals surface area contributed by atoms with Crippen LogP contribution in [-0.2, 0) is 0 Å². The van der Waals surface area contributed by atoms with Gasteiger partial charge in [0, 0.05) is 18.1 Å². The van der Waals surface area contributed by atoms with Gasteiger partial charge in [0.25, 0.3) is 0 Å². The van der Waals surface area contributed by atoms with Gasteiger partial charge in [0.1, 0.15) is 5.82 Å². The first-order valence-electron chi connectivity index (χ1n) is 7.39. The predicted octanol–water partition coefficient (Wildman–Crippen LogP) is 4.25. The maximum absolute atomic E-state index is 13.8. The topological polar surface area (TPSA) is 58.8 Å². The number of rotatable bonds is 3. The monoisotopic (exact) mass is 297 g/mol. The van der Waals surface area contributed by atoms with Crippen LogP contribution in [0.5, 0.6) is 11.6 Å². The van der Waals surface area contributed by atoms with Crippen molar-refractivity contribution >= 4 is 0 Å². The summed E-state index contributed by atoms with van der Waals surface area (Å²) in [4.78, 5) is 8.69. The lowest BCUT2D eigenvalue weighted by Gasteiger charge is -2.12. The van der Waals surface area contributed by atoms with Crippen LogP contribution in [0.15, 0.2) is 24.3 Å². The lowest BCUT2D eigenvalue weighted by atomic mass is 10.0. The molecule has 3 rings (SSSR count). The number of hydrogen-bond donors (Lipinski definition) is 0. The molecule has 1 aromatic carbocycles. The summed E-state index contributed by atoms with van der Waals surface area (Å²) in [7, 11) is 0. The summed E-state index contributed by atoms with van der Waals surface area (Å²) >= 11 is 0. The SMILES string of the molecule is Cc1nc(Oc2cc(C#N)ccc2F)cc(C2CCCC2)n1. The summed E-state index contributed by atoms with van der Waals surface area (Å²) in [6.07, 6.45) is 4.66. The van der Waals surface area contributed by atoms with Gasteiger partial charge in [-0.1, -0.05) is 12.8 Å². The van der Waals surface area contributed by atoms with Crippen LogP contribution in [0.4, 0.5) is 4.39 Å². The summed E-state index contributed by atoms with van der Waals surface area (Å²) in [5, 5.41) is 8.90. The normalized spacial score (nSPS) is 14.8. The summed E-state index contributed by atoms with van der Waals surface area (Å²) in [5.41, 5.74) is 1.30. The van der Waals surface area contributed by atoms with Crippen molar-refractivity contribution in [3.05, 3.63) is 47.2 Å². The van der Waals surface area contributed by atoms with E-state index in [2.05, 4.69) is 9.97 Å². The Morgan fingerprint density at radius 1 is 1.23 bits per heavy atom. The van der Waals surface area contributed by atoms with Crippen molar-refractivity contribution in [1.82, 2.24) is 9.97 Å². The highest BCUT2D eigenvalue weighted by Gasteiger charge is 2.20. The van der Waals surface area contributed by atoms with E-state index in [9.17, 15) is 4.39 Å². The number of aryl methyl sites for hydroxylation is 1. The lowest BCUT2D eigenvalue weighted by molar-refractivity contribution is 0.423. The molecule has 1 saturated carbocycles. The highest BCUT2D eigenvalue weighted by molar-refractivity contribution is 5.39. The zero-order valence-electron chi connectivity index (χ0n) is 12.3. The average Bonchev–Trinajstić information content (AvgIpc) is 3.03. The van der Waals surface area contributed by atoms with E-state index in [4.69, 9.17) is 10.00 Å². The Labute approximate surface area is 128 Å². The maximum Gasteiger partial charge on any atom is 0.222 e. The van der Waals surface area contributed by atoms with Gasteiger partial charge in [-0.2, -0.15) is 10.2 Å². The van der Waals surface area contributed by atoms with Gasteiger partial charge in [0.2, 0.25) is 5.88 Å². The van der Waals surface area contributed by atoms with E-state index in [1.54, 1.807) is 13.0 Å². The first-order valence-corrected chi connectivity index (χ1v) is 7.39. The number of halogens is 1. The molecule has 1 heterocycles. The molecule has 0 radical (unpaired) electrons. The second-order valence-corrected chi connectivity index (χ2v) is 5.52. The molecule has 1 fully saturated rings. The molecule has 0 atom stereocenters. The quantitative estimate of drug-likeness (QED) is 0.850. The van der Waals surface area contributed by atoms with Gasteiger partial charge < -0.3 is 4.74 Å². The molecule has 4 nitrogen and oxygen atoms in total. The zero-order chi connectivity index (χ0) is 15.5. The molecule has 112 valence electrons. The molecule has 22 heavy (non-hydrogen) atoms. The van der Waals surface area contributed by atoms with Crippen LogP contribution in [0.3, 0.4) is 0 Å². The molecule has 0 N–H and O–H groups in total. The minimum Gasteiger partial charge on any atom is -0.436 e. The second kappa shape index (κ2) is 6.10. The number of nitrogens with zero attached hydrogens (tertiary/aromatic N) is 3. The largest absolute Gasteiger partial charge is 0.436 e. The average molecular weight is 297 g/mol. The van der Waals surface area contributed by atoms with Crippen LogP contribution in [0.2, 0.25) is 0 Å². The van der Waals surface area contributed by atoms with E-state index in [0.717, 1.165) is 18.5 Å². The fourth-order valence-corrected chi connectivity index (χ4v) is 2.81. The number of hydrogen-bond acceptors (Lipinski definition) is 4. The van der Waals surface area contributed by atoms with E-state index in [-0.39, 0.29) is 5.75 Å². The number of ether oxygens (including phenoxy) is 1. The molecular formula is C17H16FN3O. The molecule has 0 unspecified atom stereocenters. The second-order valence-electron chi connectivity index (χ2n) is 5.52. The predicted molar refractivity (Wildman–Crippen MR) is 79.2 cm³/mol. The van der Waals surface area contributed by atoms with Gasteiger partial charge >= 0.3 is 0 Å². The van der Waals surface area contributed by atoms with Gasteiger partial charge in [-0.3, -0.25) is 0 Å². The molecule has 5 heteroatoms. The van der Waals surface area contributed by atoms with Gasteiger partial charge in [-0.05, 0) is 31.9 Å². The van der Waals surface area contributed by atoms with E-state index in [1.165, 1.54) is 31.0 Å². The van der Waals surface area contributed by atoms with Crippen molar-refractivity contribution in [2.75, 3.05) is 0 Å². The third kappa shape index (κ3) is 3.06. The van der Waals surface area contributed by atoms with Crippen LogP contribution >= 0.6 is 0 Å². The summed E-state index contributed by atoms with van der Waals surface area (Å²) < 4.78 is 19.4. The molecule has 0 aliphatic heterocycles. The molecule has 0 saturated heterocycles. The molecule has 0 spiro atoms. The summed E-state index contributed by atoms with van der Waals surface area (Å²) in [6.45, 7) is 1.80. The van der Waals surface area contributed by atoms with Crippen LogP contribution in [0, 0.1) is 24.1 Å². The van der Waals surface area contributed by atoms with Crippen molar-refractivity contribution in [3.8, 4) is 17.7 Å². The first kappa shape index (κ1) is 14.5. The van der Waals surface area contributed by atoms with Crippen molar-refractivity contribution in [3.63, 3.8) is 0 Å². The summed E-state index contributed by atoms with van der Waals surface area (Å²) in [5.74, 6) is 0.853. The van der Waals surface area contributed by atoms with Crippen molar-refractivity contribution in [1.29, 1.82) is 5.26 Å². The van der Waals surface area contributed by atoms with Gasteiger partial charge in [0.15, 0.2) is 11.6 Å². The highest BCUT2D eigenvalue weighted by atomic mass is 19.1. The minimum absolute atomic E-state index is 0.00882. The highest BCUT2D eigenvalue weighted by Crippen LogP contribution is 2.34. The van der Waals surface area contributed by atoms with Gasteiger partial charge in [-0.15, -0.1) is 0 Å². The Morgan fingerprint density at radius 3 is 2.73 bits per heavy atom. The fourth-order valence-electron chi connectivity index (χ4n) is 2.81. The third-order valence-electron chi connectivity index (χ3n) is 3.88. The first-order chi connectivity index (χ1) is 10.7. The van der Waals surface area contributed by atoms with Crippen LogP contribution < -0.4 is 4.74 Å². The van der Waals surface area contributed by atoms with Gasteiger partial charge in [0.05, 0.1) is 17.3 Å². The molecule has 2 aromatic rings. The Hall–Kier alpha value is -2.48. The van der Waals surface area contributed by atoms with E-state index in [0.29, 0.717) is 23.2 Å². The van der Waals surface area contributed by atoms with Crippen LogP contribution in [0.1, 0.15) is 48.7 Å². The molecule has 1 aliphatic carbocycles. The van der Waals surface area contributed by atoms with E-state index < -0.39 is 5.82 Å². The van der Waals surface area contributed by atoms with Crippen molar-refractivity contribution in [2.24, 2.45) is 0 Å². The standard InChI is InChI=1S/C17H16FN3O/c1-11-20-15(13-4-2-3-5-13)9-17(21-11)22-16-8-12(10-19)6-7-14(16)18/h6-9,13H,2-5H2,1H3. The number of benzene rings is 1. The molecule has 0 bridgehead atoms. The number of aromatic nitrogens is 2. The lowest BCUT2D eigenvalue weighted by Crippen LogP contribution is -2.02. The molecule has 1 aromatic heterocycles. The van der Waals surface area contributed by atoms with Crippen molar-refractivity contribution < 1.29 is 9.13 Å². The smallest absolute Gasteiger partial charge is 0.222 e. The minimum atomic E-state index is -0.516. The molecule has 0 amide bonds. The molecule has 1 aliphatic rings. The fraction of sp³-hybridized carbons (Fsp3) is 0.353. The third-order valence-corrected chi connectivity index (χ3v) is 3.88. The summed E-state index contributed by atoms with van der Waals surface area (Å²) in [6, 6.07) is 7.76. The Morgan fingerprint density at radius 2 is 2.00 bits per heavy atom. The zero-order valence-corrected chi connectivity index (χ0v) is 12.3. The number of nitriles is 1. The Balaban J connectivity index is 1.90. The molecular weight excluding hydrogens is 281 g/mol. The Kier molecular flexibility index (Phi) is 4.01. The maximum atomic E-state index is 13.8. The van der Waals surface area contributed by atoms with Crippen LogP contribution in [-0.4, -0.2) is 9.97 Å². The Bertz CT molecular complexity index is 733. The van der Waals surface area contributed by atoms with Crippen LogP contribution in [0.25, 0.3) is 0 Å². The van der Waals surface area contributed by atoms with Crippen molar-refractivity contribution in [2.45, 2.75) is 38.5 Å².